The van der Waals surface area contributed by atoms with Crippen LogP contribution in [0.1, 0.15) is 25.3 Å². The van der Waals surface area contributed by atoms with E-state index in [1.165, 1.54) is 23.8 Å². The van der Waals surface area contributed by atoms with Crippen molar-refractivity contribution in [2.75, 3.05) is 19.6 Å². The number of hydrogen-bond acceptors (Lipinski definition) is 5. The van der Waals surface area contributed by atoms with E-state index in [0.717, 1.165) is 17.7 Å². The van der Waals surface area contributed by atoms with Crippen LogP contribution in [0.25, 0.3) is 0 Å². The molecule has 1 atom stereocenters. The molecule has 1 aromatic carbocycles. The highest BCUT2D eigenvalue weighted by atomic mass is 16.5. The Labute approximate surface area is 172 Å². The lowest BCUT2D eigenvalue weighted by atomic mass is 9.91. The number of H-pyrrole nitrogens is 1. The van der Waals surface area contributed by atoms with Gasteiger partial charge < -0.3 is 14.5 Å². The molecule has 0 saturated carbocycles. The third-order valence-corrected chi connectivity index (χ3v) is 5.68. The van der Waals surface area contributed by atoms with Gasteiger partial charge >= 0.3 is 5.69 Å². The Balaban J connectivity index is 1.58. The standard InChI is InChI=1S/C21H24N4O5/c1-15(26)25-11-16-5-2-3-6-17(16)30-21(14-25)8-4-9-24(13-21)19(28)12-23-10-7-18(27)22-20(23)29/h2-3,5-7,10H,4,8-9,11-14H2,1H3,(H,22,27,29). The number of ether oxygens (including phenoxy) is 1. The van der Waals surface area contributed by atoms with E-state index in [-0.39, 0.29) is 18.4 Å². The first-order valence-corrected chi connectivity index (χ1v) is 9.95. The lowest BCUT2D eigenvalue weighted by Gasteiger charge is -2.43. The number of para-hydroxylation sites is 1. The van der Waals surface area contributed by atoms with E-state index in [0.29, 0.717) is 32.6 Å². The second-order valence-corrected chi connectivity index (χ2v) is 7.92. The Morgan fingerprint density at radius 1 is 1.13 bits per heavy atom. The summed E-state index contributed by atoms with van der Waals surface area (Å²) in [5.41, 5.74) is -0.893. The largest absolute Gasteiger partial charge is 0.483 e. The van der Waals surface area contributed by atoms with Gasteiger partial charge in [0.1, 0.15) is 17.9 Å². The number of likely N-dealkylation sites (tertiary alicyclic amines) is 1. The maximum atomic E-state index is 12.9. The molecule has 9 nitrogen and oxygen atoms in total. The van der Waals surface area contributed by atoms with Gasteiger partial charge in [0.2, 0.25) is 11.8 Å². The number of nitrogens with zero attached hydrogens (tertiary/aromatic N) is 3. The maximum absolute atomic E-state index is 12.9. The van der Waals surface area contributed by atoms with E-state index < -0.39 is 16.9 Å². The summed E-state index contributed by atoms with van der Waals surface area (Å²) in [6, 6.07) is 8.85. The summed E-state index contributed by atoms with van der Waals surface area (Å²) in [4.78, 5) is 53.9. The molecule has 30 heavy (non-hydrogen) atoms. The van der Waals surface area contributed by atoms with E-state index in [9.17, 15) is 19.2 Å². The number of aromatic amines is 1. The number of aromatic nitrogens is 2. The SMILES string of the molecule is CC(=O)N1Cc2ccccc2OC2(CCCN(C(=O)Cn3ccc(=O)[nH]c3=O)C2)C1. The average molecular weight is 412 g/mol. The van der Waals surface area contributed by atoms with Crippen molar-refractivity contribution < 1.29 is 14.3 Å². The average Bonchev–Trinajstić information content (AvgIpc) is 2.86. The molecular weight excluding hydrogens is 388 g/mol. The molecule has 0 bridgehead atoms. The molecule has 3 heterocycles. The molecule has 1 spiro atoms. The van der Waals surface area contributed by atoms with Gasteiger partial charge in [-0.2, -0.15) is 0 Å². The van der Waals surface area contributed by atoms with Gasteiger partial charge in [-0.3, -0.25) is 23.9 Å². The predicted molar refractivity (Wildman–Crippen MR) is 108 cm³/mol. The molecule has 4 rings (SSSR count). The Kier molecular flexibility index (Phi) is 5.19. The van der Waals surface area contributed by atoms with Crippen molar-refractivity contribution in [2.24, 2.45) is 0 Å². The summed E-state index contributed by atoms with van der Waals surface area (Å²) in [5.74, 6) is 0.448. The summed E-state index contributed by atoms with van der Waals surface area (Å²) in [7, 11) is 0. The van der Waals surface area contributed by atoms with Crippen molar-refractivity contribution >= 4 is 11.8 Å². The summed E-state index contributed by atoms with van der Waals surface area (Å²) in [6.07, 6.45) is 2.75. The highest BCUT2D eigenvalue weighted by Crippen LogP contribution is 2.34. The number of hydrogen-bond donors (Lipinski definition) is 1. The minimum absolute atomic E-state index is 0.0436. The number of carbonyl (C=O) groups is 2. The van der Waals surface area contributed by atoms with Crippen molar-refractivity contribution in [3.05, 3.63) is 62.9 Å². The minimum Gasteiger partial charge on any atom is -0.483 e. The van der Waals surface area contributed by atoms with Crippen molar-refractivity contribution in [2.45, 2.75) is 38.5 Å². The van der Waals surface area contributed by atoms with Crippen molar-refractivity contribution in [3.8, 4) is 5.75 Å². The molecule has 2 aliphatic heterocycles. The Morgan fingerprint density at radius 2 is 1.90 bits per heavy atom. The molecule has 158 valence electrons. The Morgan fingerprint density at radius 3 is 2.67 bits per heavy atom. The molecule has 1 fully saturated rings. The van der Waals surface area contributed by atoms with Gasteiger partial charge in [-0.1, -0.05) is 18.2 Å². The van der Waals surface area contributed by atoms with Crippen LogP contribution in [0.4, 0.5) is 0 Å². The van der Waals surface area contributed by atoms with Crippen LogP contribution in [-0.2, 0) is 22.7 Å². The molecule has 1 aromatic heterocycles. The van der Waals surface area contributed by atoms with E-state index in [1.807, 2.05) is 24.3 Å². The van der Waals surface area contributed by atoms with Gasteiger partial charge in [0.15, 0.2) is 0 Å². The molecule has 0 radical (unpaired) electrons. The number of benzene rings is 1. The van der Waals surface area contributed by atoms with E-state index in [1.54, 1.807) is 9.80 Å². The number of nitrogens with one attached hydrogen (secondary N) is 1. The zero-order valence-electron chi connectivity index (χ0n) is 16.8. The first-order chi connectivity index (χ1) is 14.3. The predicted octanol–water partition coefficient (Wildman–Crippen LogP) is 0.339. The summed E-state index contributed by atoms with van der Waals surface area (Å²) in [6.45, 7) is 3.09. The fourth-order valence-electron chi connectivity index (χ4n) is 4.17. The number of carbonyl (C=O) groups excluding carboxylic acids is 2. The molecule has 1 N–H and O–H groups in total. The van der Waals surface area contributed by atoms with Crippen LogP contribution < -0.4 is 16.0 Å². The number of piperidine rings is 1. The Hall–Kier alpha value is -3.36. The zero-order chi connectivity index (χ0) is 21.3. The molecule has 0 aliphatic carbocycles. The van der Waals surface area contributed by atoms with Crippen LogP contribution in [0.2, 0.25) is 0 Å². The van der Waals surface area contributed by atoms with Crippen LogP contribution in [0.3, 0.4) is 0 Å². The van der Waals surface area contributed by atoms with Crippen LogP contribution in [0.5, 0.6) is 5.75 Å². The summed E-state index contributed by atoms with van der Waals surface area (Å²) >= 11 is 0. The van der Waals surface area contributed by atoms with Crippen molar-refractivity contribution in [3.63, 3.8) is 0 Å². The fraction of sp³-hybridized carbons (Fsp3) is 0.429. The van der Waals surface area contributed by atoms with E-state index in [4.69, 9.17) is 4.74 Å². The highest BCUT2D eigenvalue weighted by molar-refractivity contribution is 5.76. The molecule has 1 unspecified atom stereocenters. The van der Waals surface area contributed by atoms with Crippen molar-refractivity contribution in [1.82, 2.24) is 19.4 Å². The third-order valence-electron chi connectivity index (χ3n) is 5.68. The monoisotopic (exact) mass is 412 g/mol. The smallest absolute Gasteiger partial charge is 0.328 e. The van der Waals surface area contributed by atoms with Gasteiger partial charge in [-0.15, -0.1) is 0 Å². The lowest BCUT2D eigenvalue weighted by Crippen LogP contribution is -2.59. The quantitative estimate of drug-likeness (QED) is 0.766. The summed E-state index contributed by atoms with van der Waals surface area (Å²) in [5, 5.41) is 0. The topological polar surface area (TPSA) is 105 Å². The minimum atomic E-state index is -0.706. The summed E-state index contributed by atoms with van der Waals surface area (Å²) < 4.78 is 7.61. The third kappa shape index (κ3) is 4.00. The van der Waals surface area contributed by atoms with Gasteiger partial charge in [0, 0.05) is 37.8 Å². The van der Waals surface area contributed by atoms with Crippen LogP contribution >= 0.6 is 0 Å². The number of amides is 2. The zero-order valence-corrected chi connectivity index (χ0v) is 16.8. The molecule has 9 heteroatoms. The van der Waals surface area contributed by atoms with Gasteiger partial charge in [0.25, 0.3) is 5.56 Å². The molecule has 2 aliphatic rings. The molecular formula is C21H24N4O5. The maximum Gasteiger partial charge on any atom is 0.328 e. The Bertz CT molecular complexity index is 1090. The van der Waals surface area contributed by atoms with Crippen LogP contribution in [-0.4, -0.2) is 56.4 Å². The molecule has 1 saturated heterocycles. The first kappa shape index (κ1) is 19.9. The van der Waals surface area contributed by atoms with E-state index >= 15 is 0 Å². The lowest BCUT2D eigenvalue weighted by molar-refractivity contribution is -0.140. The first-order valence-electron chi connectivity index (χ1n) is 9.95. The number of fused-ring (bicyclic) bond motifs is 1. The van der Waals surface area contributed by atoms with Crippen LogP contribution in [0.15, 0.2) is 46.1 Å². The second-order valence-electron chi connectivity index (χ2n) is 7.92. The second kappa shape index (κ2) is 7.81. The van der Waals surface area contributed by atoms with Gasteiger partial charge in [-0.25, -0.2) is 4.79 Å². The fourth-order valence-corrected chi connectivity index (χ4v) is 4.17. The van der Waals surface area contributed by atoms with Crippen molar-refractivity contribution in [1.29, 1.82) is 0 Å². The molecule has 2 aromatic rings. The normalized spacial score (nSPS) is 21.0. The number of rotatable bonds is 2. The highest BCUT2D eigenvalue weighted by Gasteiger charge is 2.43. The molecule has 2 amide bonds. The van der Waals surface area contributed by atoms with Gasteiger partial charge in [0.05, 0.1) is 13.1 Å². The van der Waals surface area contributed by atoms with Crippen LogP contribution in [0, 0.1) is 0 Å². The van der Waals surface area contributed by atoms with Gasteiger partial charge in [-0.05, 0) is 18.9 Å². The van der Waals surface area contributed by atoms with E-state index in [2.05, 4.69) is 4.98 Å².